The second kappa shape index (κ2) is 8.44. The number of hydrogen-bond acceptors (Lipinski definition) is 4. The summed E-state index contributed by atoms with van der Waals surface area (Å²) in [4.78, 5) is 35.4. The predicted molar refractivity (Wildman–Crippen MR) is 95.2 cm³/mol. The molecule has 0 heterocycles. The molecule has 2 aromatic carbocycles. The summed E-state index contributed by atoms with van der Waals surface area (Å²) in [5.74, 6) is -1.25. The number of ether oxygens (including phenoxy) is 1. The van der Waals surface area contributed by atoms with Crippen molar-refractivity contribution in [3.63, 3.8) is 0 Å². The molecule has 2 rings (SSSR count). The number of anilines is 2. The minimum Gasteiger partial charge on any atom is -0.465 e. The third-order valence-corrected chi connectivity index (χ3v) is 3.31. The van der Waals surface area contributed by atoms with E-state index in [9.17, 15) is 14.4 Å². The second-order valence-electron chi connectivity index (χ2n) is 5.21. The summed E-state index contributed by atoms with van der Waals surface area (Å²) < 4.78 is 4.61. The van der Waals surface area contributed by atoms with Crippen LogP contribution in [0.1, 0.15) is 17.3 Å². The molecule has 0 bridgehead atoms. The molecule has 6 heteroatoms. The standard InChI is InChI=1S/C19H18N2O4/c1-13(12-17(22)20-15-6-4-3-5-7-15)18(23)21-16-10-8-14(9-11-16)19(24)25-2/h3-12H,1-2H3,(H,20,22)(H,21,23)/b13-12+. The van der Waals surface area contributed by atoms with Gasteiger partial charge in [0.1, 0.15) is 0 Å². The van der Waals surface area contributed by atoms with E-state index in [1.54, 1.807) is 55.5 Å². The van der Waals surface area contributed by atoms with Gasteiger partial charge in [-0.05, 0) is 43.3 Å². The van der Waals surface area contributed by atoms with E-state index in [4.69, 9.17) is 0 Å². The third-order valence-electron chi connectivity index (χ3n) is 3.31. The summed E-state index contributed by atoms with van der Waals surface area (Å²) in [5, 5.41) is 5.33. The van der Waals surface area contributed by atoms with Crippen LogP contribution in [0.4, 0.5) is 11.4 Å². The Balaban J connectivity index is 1.97. The maximum atomic E-state index is 12.1. The molecule has 0 aromatic heterocycles. The summed E-state index contributed by atoms with van der Waals surface area (Å²) in [6.45, 7) is 1.54. The normalized spacial score (nSPS) is 10.7. The van der Waals surface area contributed by atoms with E-state index in [2.05, 4.69) is 15.4 Å². The van der Waals surface area contributed by atoms with Crippen molar-refractivity contribution in [1.82, 2.24) is 0 Å². The number of esters is 1. The summed E-state index contributed by atoms with van der Waals surface area (Å²) in [5.41, 5.74) is 1.80. The van der Waals surface area contributed by atoms with E-state index >= 15 is 0 Å². The average Bonchev–Trinajstić information content (AvgIpc) is 2.62. The van der Waals surface area contributed by atoms with Gasteiger partial charge in [-0.3, -0.25) is 9.59 Å². The topological polar surface area (TPSA) is 84.5 Å². The van der Waals surface area contributed by atoms with Crippen molar-refractivity contribution in [3.05, 3.63) is 71.8 Å². The van der Waals surface area contributed by atoms with Gasteiger partial charge in [-0.25, -0.2) is 4.79 Å². The lowest BCUT2D eigenvalue weighted by atomic mass is 10.2. The van der Waals surface area contributed by atoms with Gasteiger partial charge in [0.05, 0.1) is 12.7 Å². The molecule has 0 fully saturated rings. The molecular weight excluding hydrogens is 320 g/mol. The fourth-order valence-electron chi connectivity index (χ4n) is 2.00. The zero-order chi connectivity index (χ0) is 18.2. The van der Waals surface area contributed by atoms with Gasteiger partial charge in [-0.1, -0.05) is 18.2 Å². The van der Waals surface area contributed by atoms with Crippen LogP contribution in [0.15, 0.2) is 66.2 Å². The van der Waals surface area contributed by atoms with Gasteiger partial charge in [-0.2, -0.15) is 0 Å². The molecule has 0 saturated heterocycles. The number of rotatable bonds is 5. The zero-order valence-corrected chi connectivity index (χ0v) is 13.9. The lowest BCUT2D eigenvalue weighted by Crippen LogP contribution is -2.16. The van der Waals surface area contributed by atoms with Crippen LogP contribution >= 0.6 is 0 Å². The van der Waals surface area contributed by atoms with E-state index in [-0.39, 0.29) is 11.5 Å². The Labute approximate surface area is 145 Å². The monoisotopic (exact) mass is 338 g/mol. The van der Waals surface area contributed by atoms with Crippen molar-refractivity contribution < 1.29 is 19.1 Å². The van der Waals surface area contributed by atoms with Crippen molar-refractivity contribution in [2.75, 3.05) is 17.7 Å². The zero-order valence-electron chi connectivity index (χ0n) is 13.9. The van der Waals surface area contributed by atoms with Crippen LogP contribution in [0.3, 0.4) is 0 Å². The molecule has 0 saturated carbocycles. The SMILES string of the molecule is COC(=O)c1ccc(NC(=O)/C(C)=C/C(=O)Nc2ccccc2)cc1. The van der Waals surface area contributed by atoms with Gasteiger partial charge in [0.25, 0.3) is 5.91 Å². The molecule has 25 heavy (non-hydrogen) atoms. The summed E-state index contributed by atoms with van der Waals surface area (Å²) in [7, 11) is 1.30. The van der Waals surface area contributed by atoms with E-state index in [0.29, 0.717) is 16.9 Å². The van der Waals surface area contributed by atoms with Gasteiger partial charge in [0, 0.05) is 23.0 Å². The maximum Gasteiger partial charge on any atom is 0.337 e. The van der Waals surface area contributed by atoms with E-state index in [0.717, 1.165) is 0 Å². The Morgan fingerprint density at radius 1 is 0.880 bits per heavy atom. The Hall–Kier alpha value is -3.41. The number of benzene rings is 2. The summed E-state index contributed by atoms with van der Waals surface area (Å²) >= 11 is 0. The fraction of sp³-hybridized carbons (Fsp3) is 0.105. The first-order valence-electron chi connectivity index (χ1n) is 7.53. The Morgan fingerprint density at radius 2 is 1.48 bits per heavy atom. The van der Waals surface area contributed by atoms with Crippen molar-refractivity contribution >= 4 is 29.2 Å². The summed E-state index contributed by atoms with van der Waals surface area (Å²) in [6.07, 6.45) is 1.23. The van der Waals surface area contributed by atoms with Crippen LogP contribution in [0, 0.1) is 0 Å². The molecule has 0 aliphatic heterocycles. The molecule has 0 radical (unpaired) electrons. The van der Waals surface area contributed by atoms with Crippen LogP contribution in [-0.4, -0.2) is 24.9 Å². The Kier molecular flexibility index (Phi) is 6.06. The van der Waals surface area contributed by atoms with E-state index in [1.807, 2.05) is 6.07 Å². The first-order chi connectivity index (χ1) is 12.0. The predicted octanol–water partition coefficient (Wildman–Crippen LogP) is 3.00. The molecule has 6 nitrogen and oxygen atoms in total. The van der Waals surface area contributed by atoms with Crippen LogP contribution < -0.4 is 10.6 Å². The van der Waals surface area contributed by atoms with Crippen LogP contribution in [0.25, 0.3) is 0 Å². The molecule has 2 amide bonds. The number of hydrogen-bond donors (Lipinski definition) is 2. The first kappa shape index (κ1) is 17.9. The third kappa shape index (κ3) is 5.31. The fourth-order valence-corrected chi connectivity index (χ4v) is 2.00. The van der Waals surface area contributed by atoms with E-state index in [1.165, 1.54) is 13.2 Å². The highest BCUT2D eigenvalue weighted by Gasteiger charge is 2.09. The van der Waals surface area contributed by atoms with Crippen LogP contribution in [-0.2, 0) is 14.3 Å². The molecule has 128 valence electrons. The minimum absolute atomic E-state index is 0.255. The molecule has 0 spiro atoms. The average molecular weight is 338 g/mol. The molecule has 0 aliphatic rings. The van der Waals surface area contributed by atoms with Gasteiger partial charge in [0.15, 0.2) is 0 Å². The quantitative estimate of drug-likeness (QED) is 0.648. The Bertz CT molecular complexity index is 796. The minimum atomic E-state index is -0.452. The Morgan fingerprint density at radius 3 is 2.08 bits per heavy atom. The second-order valence-corrected chi connectivity index (χ2v) is 5.21. The van der Waals surface area contributed by atoms with Gasteiger partial charge in [-0.15, -0.1) is 0 Å². The van der Waals surface area contributed by atoms with Crippen molar-refractivity contribution in [3.8, 4) is 0 Å². The van der Waals surface area contributed by atoms with Crippen molar-refractivity contribution in [2.45, 2.75) is 6.92 Å². The number of carbonyl (C=O) groups excluding carboxylic acids is 3. The van der Waals surface area contributed by atoms with E-state index < -0.39 is 11.9 Å². The highest BCUT2D eigenvalue weighted by atomic mass is 16.5. The number of para-hydroxylation sites is 1. The van der Waals surface area contributed by atoms with Gasteiger partial charge < -0.3 is 15.4 Å². The van der Waals surface area contributed by atoms with Crippen LogP contribution in [0.2, 0.25) is 0 Å². The summed E-state index contributed by atoms with van der Waals surface area (Å²) in [6, 6.07) is 15.2. The molecule has 0 aliphatic carbocycles. The smallest absolute Gasteiger partial charge is 0.337 e. The molecule has 2 aromatic rings. The first-order valence-corrected chi connectivity index (χ1v) is 7.53. The van der Waals surface area contributed by atoms with Gasteiger partial charge in [0.2, 0.25) is 5.91 Å². The van der Waals surface area contributed by atoms with Crippen molar-refractivity contribution in [2.24, 2.45) is 0 Å². The maximum absolute atomic E-state index is 12.1. The number of carbonyl (C=O) groups is 3. The van der Waals surface area contributed by atoms with Crippen molar-refractivity contribution in [1.29, 1.82) is 0 Å². The lowest BCUT2D eigenvalue weighted by molar-refractivity contribution is -0.114. The van der Waals surface area contributed by atoms with Crippen LogP contribution in [0.5, 0.6) is 0 Å². The molecule has 2 N–H and O–H groups in total. The number of methoxy groups -OCH3 is 1. The lowest BCUT2D eigenvalue weighted by Gasteiger charge is -2.07. The number of amides is 2. The number of nitrogens with one attached hydrogen (secondary N) is 2. The highest BCUT2D eigenvalue weighted by Crippen LogP contribution is 2.12. The largest absolute Gasteiger partial charge is 0.465 e. The highest BCUT2D eigenvalue weighted by molar-refractivity contribution is 6.10. The molecular formula is C19H18N2O4. The molecule has 0 atom stereocenters. The van der Waals surface area contributed by atoms with Gasteiger partial charge >= 0.3 is 5.97 Å². The molecule has 0 unspecified atom stereocenters.